The van der Waals surface area contributed by atoms with Gasteiger partial charge in [0, 0.05) is 17.4 Å². The number of para-hydroxylation sites is 1. The topological polar surface area (TPSA) is 63.8 Å². The molecule has 1 aliphatic rings. The zero-order valence-corrected chi connectivity index (χ0v) is 14.9. The molecule has 0 amide bonds. The third-order valence-electron chi connectivity index (χ3n) is 3.70. The van der Waals surface area contributed by atoms with E-state index in [-0.39, 0.29) is 12.5 Å². The van der Waals surface area contributed by atoms with Crippen LogP contribution in [0.4, 0.5) is 5.69 Å². The van der Waals surface area contributed by atoms with Crippen molar-refractivity contribution in [3.63, 3.8) is 0 Å². The molecule has 1 aromatic heterocycles. The van der Waals surface area contributed by atoms with Gasteiger partial charge in [-0.05, 0) is 38.2 Å². The molecule has 2 aromatic rings. The van der Waals surface area contributed by atoms with Crippen molar-refractivity contribution in [3.05, 3.63) is 38.7 Å². The summed E-state index contributed by atoms with van der Waals surface area (Å²) >= 11 is 6.56. The van der Waals surface area contributed by atoms with E-state index < -0.39 is 12.0 Å². The first kappa shape index (κ1) is 16.6. The Balaban J connectivity index is 1.99. The quantitative estimate of drug-likeness (QED) is 0.650. The minimum atomic E-state index is -0.676. The summed E-state index contributed by atoms with van der Waals surface area (Å²) in [4.78, 5) is 16.9. The van der Waals surface area contributed by atoms with E-state index in [0.29, 0.717) is 8.83 Å². The van der Waals surface area contributed by atoms with Crippen molar-refractivity contribution in [2.45, 2.75) is 19.9 Å². The van der Waals surface area contributed by atoms with Gasteiger partial charge in [-0.3, -0.25) is 9.56 Å². The van der Waals surface area contributed by atoms with Crippen LogP contribution in [0.3, 0.4) is 0 Å². The van der Waals surface area contributed by atoms with Crippen LogP contribution in [-0.4, -0.2) is 28.5 Å². The number of nitrogens with zero attached hydrogens (tertiary/aromatic N) is 2. The number of benzene rings is 1. The molecule has 0 radical (unpaired) electrons. The fraction of sp³-hybridized carbons (Fsp3) is 0.235. The van der Waals surface area contributed by atoms with Gasteiger partial charge in [-0.1, -0.05) is 18.2 Å². The van der Waals surface area contributed by atoms with Gasteiger partial charge in [0.05, 0.1) is 17.2 Å². The highest BCUT2D eigenvalue weighted by Gasteiger charge is 2.23. The largest absolute Gasteiger partial charge is 0.493 e. The summed E-state index contributed by atoms with van der Waals surface area (Å²) in [5, 5.41) is 10.5. The molecule has 1 N–H and O–H groups in total. The van der Waals surface area contributed by atoms with Crippen molar-refractivity contribution in [1.29, 1.82) is 0 Å². The molecule has 1 aromatic carbocycles. The molecule has 0 aliphatic carbocycles. The van der Waals surface area contributed by atoms with Gasteiger partial charge < -0.3 is 9.84 Å². The lowest BCUT2D eigenvalue weighted by atomic mass is 10.1. The Morgan fingerprint density at radius 3 is 3.00 bits per heavy atom. The standard InChI is InChI=1S/C17H16N2O3S2/c1-3-22-16(21)10(2)19-15(20)14(24-17(19)23)8-11-9-18-13-7-5-4-6-12(11)13/h4-10,20H,3H2,1-2H3/b11-8+. The summed E-state index contributed by atoms with van der Waals surface area (Å²) < 4.78 is 6.85. The number of aliphatic imine (C=N–C) groups is 1. The second kappa shape index (κ2) is 6.70. The Morgan fingerprint density at radius 2 is 2.25 bits per heavy atom. The molecule has 0 bridgehead atoms. The second-order valence-electron chi connectivity index (χ2n) is 5.23. The van der Waals surface area contributed by atoms with E-state index >= 15 is 0 Å². The average molecular weight is 360 g/mol. The minimum Gasteiger partial charge on any atom is -0.493 e. The Hall–Kier alpha value is -2.25. The summed E-state index contributed by atoms with van der Waals surface area (Å²) in [5.41, 5.74) is 2.79. The molecular formula is C17H16N2O3S2. The van der Waals surface area contributed by atoms with Crippen LogP contribution in [0, 0.1) is 3.95 Å². The monoisotopic (exact) mass is 360 g/mol. The molecule has 1 unspecified atom stereocenters. The van der Waals surface area contributed by atoms with Crippen molar-refractivity contribution >= 4 is 53.1 Å². The summed E-state index contributed by atoms with van der Waals surface area (Å²) in [7, 11) is 0. The third-order valence-corrected chi connectivity index (χ3v) is 5.04. The van der Waals surface area contributed by atoms with Crippen LogP contribution < -0.4 is 0 Å². The van der Waals surface area contributed by atoms with Gasteiger partial charge >= 0.3 is 5.97 Å². The lowest BCUT2D eigenvalue weighted by Gasteiger charge is -2.13. The van der Waals surface area contributed by atoms with Crippen molar-refractivity contribution in [2.75, 3.05) is 6.61 Å². The van der Waals surface area contributed by atoms with Crippen LogP contribution in [0.25, 0.3) is 11.6 Å². The maximum absolute atomic E-state index is 11.9. The van der Waals surface area contributed by atoms with Gasteiger partial charge in [-0.25, -0.2) is 4.79 Å². The highest BCUT2D eigenvalue weighted by atomic mass is 32.1. The van der Waals surface area contributed by atoms with Crippen LogP contribution in [0.15, 0.2) is 29.3 Å². The number of hydrogen-bond donors (Lipinski definition) is 1. The highest BCUT2D eigenvalue weighted by Crippen LogP contribution is 2.36. The Labute approximate surface area is 148 Å². The number of hydrogen-bond acceptors (Lipinski definition) is 6. The molecule has 2 heterocycles. The Kier molecular flexibility index (Phi) is 4.64. The molecule has 1 atom stereocenters. The summed E-state index contributed by atoms with van der Waals surface area (Å²) in [6.45, 7) is 3.68. The fourth-order valence-electron chi connectivity index (χ4n) is 2.49. The van der Waals surface area contributed by atoms with Gasteiger partial charge in [0.2, 0.25) is 5.88 Å². The molecule has 0 fully saturated rings. The molecule has 0 saturated carbocycles. The maximum atomic E-state index is 11.9. The first-order valence-electron chi connectivity index (χ1n) is 7.49. The van der Waals surface area contributed by atoms with E-state index in [0.717, 1.165) is 16.8 Å². The SMILES string of the molecule is CCOC(=O)C(C)n1c(O)c(/C=C2\C=Nc3ccccc32)sc1=S. The normalized spacial score (nSPS) is 15.5. The number of carbonyl (C=O) groups excluding carboxylic acids is 1. The number of aromatic hydroxyl groups is 1. The lowest BCUT2D eigenvalue weighted by Crippen LogP contribution is -2.18. The van der Waals surface area contributed by atoms with Crippen LogP contribution >= 0.6 is 23.6 Å². The molecule has 7 heteroatoms. The number of fused-ring (bicyclic) bond motifs is 1. The van der Waals surface area contributed by atoms with Gasteiger partial charge in [-0.2, -0.15) is 0 Å². The van der Waals surface area contributed by atoms with E-state index in [2.05, 4.69) is 4.99 Å². The Bertz CT molecular complexity index is 909. The number of carbonyl (C=O) groups is 1. The Morgan fingerprint density at radius 1 is 1.50 bits per heavy atom. The summed E-state index contributed by atoms with van der Waals surface area (Å²) in [5.74, 6) is -0.454. The van der Waals surface area contributed by atoms with Crippen molar-refractivity contribution in [1.82, 2.24) is 4.57 Å². The number of esters is 1. The fourth-order valence-corrected chi connectivity index (χ4v) is 3.91. The smallest absolute Gasteiger partial charge is 0.329 e. The summed E-state index contributed by atoms with van der Waals surface area (Å²) in [6, 6.07) is 7.10. The average Bonchev–Trinajstić information content (AvgIpc) is 3.09. The van der Waals surface area contributed by atoms with Crippen molar-refractivity contribution in [2.24, 2.45) is 4.99 Å². The molecule has 5 nitrogen and oxygen atoms in total. The molecule has 0 spiro atoms. The maximum Gasteiger partial charge on any atom is 0.329 e. The van der Waals surface area contributed by atoms with E-state index in [1.54, 1.807) is 20.1 Å². The number of allylic oxidation sites excluding steroid dienone is 1. The lowest BCUT2D eigenvalue weighted by molar-refractivity contribution is -0.146. The molecule has 1 aliphatic heterocycles. The van der Waals surface area contributed by atoms with E-state index in [1.807, 2.05) is 30.3 Å². The summed E-state index contributed by atoms with van der Waals surface area (Å²) in [6.07, 6.45) is 3.59. The second-order valence-corrected chi connectivity index (χ2v) is 6.90. The van der Waals surface area contributed by atoms with Gasteiger partial charge in [0.1, 0.15) is 6.04 Å². The predicted molar refractivity (Wildman–Crippen MR) is 98.6 cm³/mol. The first-order valence-corrected chi connectivity index (χ1v) is 8.71. The molecule has 0 saturated heterocycles. The van der Waals surface area contributed by atoms with Crippen LogP contribution in [0.1, 0.15) is 30.3 Å². The molecular weight excluding hydrogens is 344 g/mol. The molecule has 124 valence electrons. The number of aromatic nitrogens is 1. The third kappa shape index (κ3) is 2.92. The first-order chi connectivity index (χ1) is 11.5. The van der Waals surface area contributed by atoms with Crippen molar-refractivity contribution < 1.29 is 14.6 Å². The number of rotatable bonds is 4. The van der Waals surface area contributed by atoms with Crippen molar-refractivity contribution in [3.8, 4) is 5.88 Å². The predicted octanol–water partition coefficient (Wildman–Crippen LogP) is 4.37. The minimum absolute atomic E-state index is 0.0316. The van der Waals surface area contributed by atoms with E-state index in [1.165, 1.54) is 15.9 Å². The van der Waals surface area contributed by atoms with Crippen LogP contribution in [0.5, 0.6) is 5.88 Å². The zero-order chi connectivity index (χ0) is 17.3. The zero-order valence-electron chi connectivity index (χ0n) is 13.2. The number of ether oxygens (including phenoxy) is 1. The van der Waals surface area contributed by atoms with Gasteiger partial charge in [0.15, 0.2) is 3.95 Å². The van der Waals surface area contributed by atoms with Gasteiger partial charge in [-0.15, -0.1) is 11.3 Å². The van der Waals surface area contributed by atoms with Crippen LogP contribution in [0.2, 0.25) is 0 Å². The number of thiazole rings is 1. The van der Waals surface area contributed by atoms with Gasteiger partial charge in [0.25, 0.3) is 0 Å². The van der Waals surface area contributed by atoms with Crippen LogP contribution in [-0.2, 0) is 9.53 Å². The van der Waals surface area contributed by atoms with E-state index in [4.69, 9.17) is 17.0 Å². The molecule has 24 heavy (non-hydrogen) atoms. The highest BCUT2D eigenvalue weighted by molar-refractivity contribution is 7.73. The van der Waals surface area contributed by atoms with E-state index in [9.17, 15) is 9.90 Å². The molecule has 3 rings (SSSR count).